The van der Waals surface area contributed by atoms with Crippen molar-refractivity contribution in [1.29, 1.82) is 0 Å². The molecule has 206 valence electrons. The van der Waals surface area contributed by atoms with Crippen LogP contribution in [0.15, 0.2) is 71.6 Å². The second kappa shape index (κ2) is 12.0. The van der Waals surface area contributed by atoms with Gasteiger partial charge >= 0.3 is 5.97 Å². The molecule has 3 aromatic carbocycles. The molecule has 39 heavy (non-hydrogen) atoms. The number of nitrogens with zero attached hydrogens (tertiary/aromatic N) is 2. The number of methoxy groups -OCH3 is 1. The lowest BCUT2D eigenvalue weighted by Crippen LogP contribution is -2.52. The van der Waals surface area contributed by atoms with Gasteiger partial charge in [-0.15, -0.1) is 0 Å². The van der Waals surface area contributed by atoms with Crippen molar-refractivity contribution in [3.63, 3.8) is 0 Å². The Hall–Kier alpha value is -3.11. The number of para-hydroxylation sites is 1. The van der Waals surface area contributed by atoms with Gasteiger partial charge in [-0.3, -0.25) is 4.79 Å². The number of rotatable bonds is 9. The van der Waals surface area contributed by atoms with E-state index in [-0.39, 0.29) is 34.3 Å². The van der Waals surface area contributed by atoms with E-state index in [1.807, 2.05) is 48.5 Å². The molecule has 0 saturated carbocycles. The number of carbonyl (C=O) groups is 2. The van der Waals surface area contributed by atoms with Crippen LogP contribution >= 0.6 is 23.2 Å². The van der Waals surface area contributed by atoms with E-state index in [4.69, 9.17) is 27.9 Å². The summed E-state index contributed by atoms with van der Waals surface area (Å²) in [6.07, 6.45) is 0.781. The minimum Gasteiger partial charge on any atom is -0.496 e. The van der Waals surface area contributed by atoms with Gasteiger partial charge in [-0.2, -0.15) is 4.31 Å². The van der Waals surface area contributed by atoms with Crippen molar-refractivity contribution in [1.82, 2.24) is 9.21 Å². The molecular weight excluding hydrogens is 563 g/mol. The first-order valence-corrected chi connectivity index (χ1v) is 14.4. The number of carboxylic acids is 1. The van der Waals surface area contributed by atoms with Crippen LogP contribution in [0.5, 0.6) is 5.75 Å². The third-order valence-corrected chi connectivity index (χ3v) is 9.15. The smallest absolute Gasteiger partial charge is 0.326 e. The van der Waals surface area contributed by atoms with E-state index < -0.39 is 34.0 Å². The molecule has 1 aliphatic rings. The Labute approximate surface area is 237 Å². The first-order chi connectivity index (χ1) is 18.5. The van der Waals surface area contributed by atoms with Gasteiger partial charge in [0.15, 0.2) is 0 Å². The third kappa shape index (κ3) is 6.22. The lowest BCUT2D eigenvalue weighted by molar-refractivity contribution is -0.150. The molecule has 0 unspecified atom stereocenters. The molecule has 11 heteroatoms. The SMILES string of the molecule is COc1ccccc1-c1ccc(C[C@@H](C(=O)O)N(C)C(=O)[C@@H]2CCCN2S(=O)(=O)c2cc(Cl)cc(Cl)c2)cc1. The summed E-state index contributed by atoms with van der Waals surface area (Å²) in [5, 5.41) is 10.3. The van der Waals surface area contributed by atoms with Gasteiger partial charge in [0.25, 0.3) is 0 Å². The van der Waals surface area contributed by atoms with E-state index >= 15 is 0 Å². The van der Waals surface area contributed by atoms with Gasteiger partial charge in [0, 0.05) is 35.6 Å². The monoisotopic (exact) mass is 590 g/mol. The summed E-state index contributed by atoms with van der Waals surface area (Å²) in [4.78, 5) is 26.8. The molecule has 2 atom stereocenters. The standard InChI is InChI=1S/C28H28Cl2N2O6S/c1-31(27(33)24-7-5-13-32(24)39(36,37)22-16-20(29)15-21(30)17-22)25(28(34)35)14-18-9-11-19(12-10-18)23-6-3-4-8-26(23)38-2/h3-4,6,8-12,15-17,24-25H,5,7,13-14H2,1-2H3,(H,34,35)/t24-,25-/m0/s1. The highest BCUT2D eigenvalue weighted by molar-refractivity contribution is 7.89. The number of aliphatic carboxylic acids is 1. The van der Waals surface area contributed by atoms with Crippen LogP contribution in [0.3, 0.4) is 0 Å². The van der Waals surface area contributed by atoms with Gasteiger partial charge in [0.05, 0.1) is 12.0 Å². The molecule has 1 N–H and O–H groups in total. The second-order valence-electron chi connectivity index (χ2n) is 9.28. The van der Waals surface area contributed by atoms with Crippen LogP contribution in [-0.4, -0.2) is 67.4 Å². The van der Waals surface area contributed by atoms with Crippen molar-refractivity contribution < 1.29 is 27.9 Å². The maximum atomic E-state index is 13.5. The molecule has 0 aliphatic carbocycles. The molecule has 0 radical (unpaired) electrons. The summed E-state index contributed by atoms with van der Waals surface area (Å²) in [5.41, 5.74) is 2.52. The Morgan fingerprint density at radius 3 is 2.33 bits per heavy atom. The van der Waals surface area contributed by atoms with Crippen molar-refractivity contribution in [2.75, 3.05) is 20.7 Å². The predicted octanol–water partition coefficient (Wildman–Crippen LogP) is 4.98. The normalized spacial score (nSPS) is 16.6. The van der Waals surface area contributed by atoms with Crippen LogP contribution in [0.25, 0.3) is 11.1 Å². The van der Waals surface area contributed by atoms with Crippen LogP contribution in [-0.2, 0) is 26.0 Å². The summed E-state index contributed by atoms with van der Waals surface area (Å²) in [7, 11) is -1.11. The molecule has 1 amide bonds. The van der Waals surface area contributed by atoms with E-state index in [2.05, 4.69) is 0 Å². The third-order valence-electron chi connectivity index (χ3n) is 6.83. The Morgan fingerprint density at radius 2 is 1.72 bits per heavy atom. The van der Waals surface area contributed by atoms with Gasteiger partial charge in [-0.1, -0.05) is 65.7 Å². The molecule has 0 aromatic heterocycles. The summed E-state index contributed by atoms with van der Waals surface area (Å²) >= 11 is 12.0. The first-order valence-electron chi connectivity index (χ1n) is 12.2. The fourth-order valence-electron chi connectivity index (χ4n) is 4.79. The Balaban J connectivity index is 1.54. The predicted molar refractivity (Wildman–Crippen MR) is 150 cm³/mol. The van der Waals surface area contributed by atoms with Crippen molar-refractivity contribution in [3.05, 3.63) is 82.3 Å². The number of halogens is 2. The number of carboxylic acid groups (broad SMARTS) is 1. The summed E-state index contributed by atoms with van der Waals surface area (Å²) < 4.78 is 33.3. The van der Waals surface area contributed by atoms with E-state index in [1.54, 1.807) is 7.11 Å². The maximum Gasteiger partial charge on any atom is 0.326 e. The quantitative estimate of drug-likeness (QED) is 0.377. The molecule has 8 nitrogen and oxygen atoms in total. The number of carbonyl (C=O) groups excluding carboxylic acids is 1. The van der Waals surface area contributed by atoms with Crippen LogP contribution in [0, 0.1) is 0 Å². The average Bonchev–Trinajstić information content (AvgIpc) is 3.41. The molecule has 3 aromatic rings. The summed E-state index contributed by atoms with van der Waals surface area (Å²) in [6, 6.07) is 16.7. The van der Waals surface area contributed by atoms with Crippen molar-refractivity contribution in [2.45, 2.75) is 36.2 Å². The first kappa shape index (κ1) is 28.9. The lowest BCUT2D eigenvalue weighted by atomic mass is 9.99. The van der Waals surface area contributed by atoms with E-state index in [0.717, 1.165) is 26.1 Å². The highest BCUT2D eigenvalue weighted by atomic mass is 35.5. The average molecular weight is 592 g/mol. The van der Waals surface area contributed by atoms with Crippen molar-refractivity contribution >= 4 is 45.1 Å². The fourth-order valence-corrected chi connectivity index (χ4v) is 7.17. The van der Waals surface area contributed by atoms with Gasteiger partial charge in [-0.25, -0.2) is 13.2 Å². The molecule has 1 saturated heterocycles. The topological polar surface area (TPSA) is 104 Å². The Morgan fingerprint density at radius 1 is 1.08 bits per heavy atom. The highest BCUT2D eigenvalue weighted by Gasteiger charge is 2.42. The molecule has 1 fully saturated rings. The zero-order chi connectivity index (χ0) is 28.3. The van der Waals surface area contributed by atoms with Crippen molar-refractivity contribution in [2.24, 2.45) is 0 Å². The highest BCUT2D eigenvalue weighted by Crippen LogP contribution is 2.32. The Bertz CT molecular complexity index is 1460. The largest absolute Gasteiger partial charge is 0.496 e. The van der Waals surface area contributed by atoms with Gasteiger partial charge in [0.2, 0.25) is 15.9 Å². The van der Waals surface area contributed by atoms with Crippen LogP contribution in [0.2, 0.25) is 10.0 Å². The number of amides is 1. The molecule has 0 spiro atoms. The van der Waals surface area contributed by atoms with Gasteiger partial charge < -0.3 is 14.7 Å². The van der Waals surface area contributed by atoms with Crippen molar-refractivity contribution in [3.8, 4) is 16.9 Å². The number of sulfonamides is 1. The zero-order valence-electron chi connectivity index (χ0n) is 21.4. The van der Waals surface area contributed by atoms with Gasteiger partial charge in [0.1, 0.15) is 17.8 Å². The minimum atomic E-state index is -4.09. The molecule has 1 heterocycles. The fraction of sp³-hybridized carbons (Fsp3) is 0.286. The number of likely N-dealkylation sites (N-methyl/N-ethyl adjacent to an activating group) is 1. The summed E-state index contributed by atoms with van der Waals surface area (Å²) in [6.45, 7) is 0.124. The maximum absolute atomic E-state index is 13.5. The number of benzene rings is 3. The van der Waals surface area contributed by atoms with E-state index in [0.29, 0.717) is 12.0 Å². The van der Waals surface area contributed by atoms with Gasteiger partial charge in [-0.05, 0) is 48.2 Å². The molecule has 1 aliphatic heterocycles. The van der Waals surface area contributed by atoms with Crippen LogP contribution in [0.4, 0.5) is 0 Å². The molecule has 0 bridgehead atoms. The number of hydrogen-bond acceptors (Lipinski definition) is 5. The van der Waals surface area contributed by atoms with E-state index in [9.17, 15) is 23.1 Å². The second-order valence-corrected chi connectivity index (χ2v) is 12.0. The zero-order valence-corrected chi connectivity index (χ0v) is 23.7. The van der Waals surface area contributed by atoms with Crippen LogP contribution < -0.4 is 4.74 Å². The number of ether oxygens (including phenoxy) is 1. The minimum absolute atomic E-state index is 0.0488. The lowest BCUT2D eigenvalue weighted by Gasteiger charge is -2.31. The van der Waals surface area contributed by atoms with Crippen LogP contribution in [0.1, 0.15) is 18.4 Å². The molecule has 4 rings (SSSR count). The number of hydrogen-bond donors (Lipinski definition) is 1. The molecular formula is C28H28Cl2N2O6S. The van der Waals surface area contributed by atoms with E-state index in [1.165, 1.54) is 25.2 Å². The summed E-state index contributed by atoms with van der Waals surface area (Å²) in [5.74, 6) is -1.05. The Kier molecular flexibility index (Phi) is 8.86.